The lowest BCUT2D eigenvalue weighted by Crippen LogP contribution is -2.43. The summed E-state index contributed by atoms with van der Waals surface area (Å²) < 4.78 is 0. The Kier molecular flexibility index (Phi) is 4.10. The van der Waals surface area contributed by atoms with Gasteiger partial charge in [-0.15, -0.1) is 0 Å². The number of piperidine rings is 1. The molecule has 1 unspecified atom stereocenters. The summed E-state index contributed by atoms with van der Waals surface area (Å²) in [6.45, 7) is 2.56. The average Bonchev–Trinajstić information content (AvgIpc) is 3.29. The topological polar surface area (TPSA) is 45.2 Å². The molecule has 1 atom stereocenters. The van der Waals surface area contributed by atoms with E-state index >= 15 is 0 Å². The summed E-state index contributed by atoms with van der Waals surface area (Å²) in [7, 11) is 0. The molecule has 0 bridgehead atoms. The van der Waals surface area contributed by atoms with Crippen molar-refractivity contribution in [3.05, 3.63) is 23.5 Å². The first-order valence-electron chi connectivity index (χ1n) is 7.36. The van der Waals surface area contributed by atoms with Gasteiger partial charge in [-0.1, -0.05) is 11.6 Å². The second-order valence-corrected chi connectivity index (χ2v) is 6.21. The Morgan fingerprint density at radius 1 is 1.45 bits per heavy atom. The van der Waals surface area contributed by atoms with Gasteiger partial charge in [0.15, 0.2) is 0 Å². The molecule has 5 heteroatoms. The Bertz CT molecular complexity index is 490. The van der Waals surface area contributed by atoms with Gasteiger partial charge < -0.3 is 10.2 Å². The number of anilines is 1. The molecule has 1 N–H and O–H groups in total. The van der Waals surface area contributed by atoms with E-state index in [4.69, 9.17) is 11.6 Å². The van der Waals surface area contributed by atoms with Crippen molar-refractivity contribution in [2.75, 3.05) is 24.5 Å². The third-order valence-corrected chi connectivity index (χ3v) is 4.44. The lowest BCUT2D eigenvalue weighted by atomic mass is 9.96. The molecule has 20 heavy (non-hydrogen) atoms. The summed E-state index contributed by atoms with van der Waals surface area (Å²) in [5.74, 6) is 1.01. The summed E-state index contributed by atoms with van der Waals surface area (Å²) in [5, 5.41) is 3.75. The zero-order chi connectivity index (χ0) is 13.9. The maximum Gasteiger partial charge on any atom is 0.224 e. The highest BCUT2D eigenvalue weighted by Crippen LogP contribution is 2.30. The van der Waals surface area contributed by atoms with Crippen LogP contribution in [0.4, 0.5) is 5.69 Å². The van der Waals surface area contributed by atoms with Gasteiger partial charge in [-0.25, -0.2) is 0 Å². The van der Waals surface area contributed by atoms with Crippen molar-refractivity contribution in [1.29, 1.82) is 0 Å². The quantitative estimate of drug-likeness (QED) is 0.927. The smallest absolute Gasteiger partial charge is 0.224 e. The van der Waals surface area contributed by atoms with Gasteiger partial charge in [-0.05, 0) is 37.7 Å². The van der Waals surface area contributed by atoms with E-state index in [9.17, 15) is 4.79 Å². The highest BCUT2D eigenvalue weighted by atomic mass is 35.5. The number of nitrogens with one attached hydrogen (secondary N) is 1. The van der Waals surface area contributed by atoms with Gasteiger partial charge in [0.05, 0.1) is 16.6 Å². The number of halogens is 1. The fraction of sp³-hybridized carbons (Fsp3) is 0.600. The largest absolute Gasteiger partial charge is 0.369 e. The molecule has 1 aliphatic carbocycles. The van der Waals surface area contributed by atoms with Crippen LogP contribution in [0.25, 0.3) is 0 Å². The second-order valence-electron chi connectivity index (χ2n) is 5.80. The van der Waals surface area contributed by atoms with Crippen LogP contribution >= 0.6 is 11.6 Å². The molecule has 1 saturated carbocycles. The first-order chi connectivity index (χ1) is 9.74. The van der Waals surface area contributed by atoms with Crippen molar-refractivity contribution in [2.45, 2.75) is 25.7 Å². The van der Waals surface area contributed by atoms with Crippen LogP contribution in [-0.2, 0) is 4.79 Å². The first kappa shape index (κ1) is 13.7. The third-order valence-electron chi connectivity index (χ3n) is 4.15. The molecule has 108 valence electrons. The SMILES string of the molecule is O=C(NCC1CC1)C1CCCN(c2ccncc2Cl)C1. The molecule has 1 aliphatic heterocycles. The third kappa shape index (κ3) is 3.23. The number of hydrogen-bond acceptors (Lipinski definition) is 3. The van der Waals surface area contributed by atoms with Gasteiger partial charge in [0.1, 0.15) is 0 Å². The van der Waals surface area contributed by atoms with E-state index in [1.54, 1.807) is 12.4 Å². The zero-order valence-corrected chi connectivity index (χ0v) is 12.3. The van der Waals surface area contributed by atoms with Gasteiger partial charge in [0.2, 0.25) is 5.91 Å². The monoisotopic (exact) mass is 293 g/mol. The van der Waals surface area contributed by atoms with Crippen molar-refractivity contribution in [2.24, 2.45) is 11.8 Å². The van der Waals surface area contributed by atoms with Crippen LogP contribution in [0, 0.1) is 11.8 Å². The maximum atomic E-state index is 12.2. The lowest BCUT2D eigenvalue weighted by Gasteiger charge is -2.34. The first-order valence-corrected chi connectivity index (χ1v) is 7.74. The van der Waals surface area contributed by atoms with Crippen molar-refractivity contribution < 1.29 is 4.79 Å². The minimum atomic E-state index is 0.0757. The maximum absolute atomic E-state index is 12.2. The standard InChI is InChI=1S/C15H20ClN3O/c16-13-9-17-6-5-14(13)19-7-1-2-12(10-19)15(20)18-8-11-3-4-11/h5-6,9,11-12H,1-4,7-8,10H2,(H,18,20). The minimum Gasteiger partial charge on any atom is -0.369 e. The highest BCUT2D eigenvalue weighted by Gasteiger charge is 2.28. The van der Waals surface area contributed by atoms with E-state index in [0.29, 0.717) is 5.02 Å². The van der Waals surface area contributed by atoms with E-state index < -0.39 is 0 Å². The summed E-state index contributed by atoms with van der Waals surface area (Å²) in [4.78, 5) is 18.4. The van der Waals surface area contributed by atoms with Gasteiger partial charge in [0.25, 0.3) is 0 Å². The highest BCUT2D eigenvalue weighted by molar-refractivity contribution is 6.33. The average molecular weight is 294 g/mol. The van der Waals surface area contributed by atoms with Gasteiger partial charge in [0, 0.05) is 32.0 Å². The zero-order valence-electron chi connectivity index (χ0n) is 11.5. The minimum absolute atomic E-state index is 0.0757. The Hall–Kier alpha value is -1.29. The number of rotatable bonds is 4. The van der Waals surface area contributed by atoms with E-state index in [1.807, 2.05) is 6.07 Å². The molecule has 0 spiro atoms. The summed E-state index contributed by atoms with van der Waals surface area (Å²) in [5.41, 5.74) is 0.987. The second kappa shape index (κ2) is 6.00. The Morgan fingerprint density at radius 2 is 2.30 bits per heavy atom. The molecule has 2 fully saturated rings. The fourth-order valence-electron chi connectivity index (χ4n) is 2.75. The lowest BCUT2D eigenvalue weighted by molar-refractivity contribution is -0.125. The molecule has 2 aliphatic rings. The van der Waals surface area contributed by atoms with Crippen LogP contribution in [-0.4, -0.2) is 30.5 Å². The van der Waals surface area contributed by atoms with Crippen LogP contribution < -0.4 is 10.2 Å². The molecule has 2 heterocycles. The molecule has 1 aromatic rings. The number of nitrogens with zero attached hydrogens (tertiary/aromatic N) is 2. The summed E-state index contributed by atoms with van der Waals surface area (Å²) >= 11 is 6.19. The number of hydrogen-bond donors (Lipinski definition) is 1. The van der Waals surface area contributed by atoms with Gasteiger partial charge >= 0.3 is 0 Å². The number of carbonyl (C=O) groups excluding carboxylic acids is 1. The Labute approximate surface area is 124 Å². The summed E-state index contributed by atoms with van der Waals surface area (Å²) in [6, 6.07) is 1.92. The van der Waals surface area contributed by atoms with Crippen LogP contribution in [0.5, 0.6) is 0 Å². The molecule has 0 radical (unpaired) electrons. The van der Waals surface area contributed by atoms with Crippen LogP contribution in [0.3, 0.4) is 0 Å². The molecule has 1 saturated heterocycles. The van der Waals surface area contributed by atoms with Crippen molar-refractivity contribution in [3.8, 4) is 0 Å². The molecule has 1 amide bonds. The molecular formula is C15H20ClN3O. The van der Waals surface area contributed by atoms with E-state index in [0.717, 1.165) is 44.1 Å². The number of pyridine rings is 1. The van der Waals surface area contributed by atoms with Crippen molar-refractivity contribution in [1.82, 2.24) is 10.3 Å². The summed E-state index contributed by atoms with van der Waals surface area (Å²) in [6.07, 6.45) is 7.94. The van der Waals surface area contributed by atoms with Crippen LogP contribution in [0.15, 0.2) is 18.5 Å². The molecule has 1 aromatic heterocycles. The van der Waals surface area contributed by atoms with E-state index in [1.165, 1.54) is 12.8 Å². The Morgan fingerprint density at radius 3 is 3.05 bits per heavy atom. The van der Waals surface area contributed by atoms with Crippen molar-refractivity contribution in [3.63, 3.8) is 0 Å². The van der Waals surface area contributed by atoms with E-state index in [-0.39, 0.29) is 11.8 Å². The van der Waals surface area contributed by atoms with Crippen molar-refractivity contribution >= 4 is 23.2 Å². The molecule has 3 rings (SSSR count). The predicted molar refractivity (Wildman–Crippen MR) is 79.9 cm³/mol. The van der Waals surface area contributed by atoms with Gasteiger partial charge in [-0.2, -0.15) is 0 Å². The fourth-order valence-corrected chi connectivity index (χ4v) is 2.98. The van der Waals surface area contributed by atoms with Crippen LogP contribution in [0.1, 0.15) is 25.7 Å². The predicted octanol–water partition coefficient (Wildman–Crippen LogP) is 2.48. The van der Waals surface area contributed by atoms with Crippen LogP contribution in [0.2, 0.25) is 5.02 Å². The Balaban J connectivity index is 1.60. The van der Waals surface area contributed by atoms with E-state index in [2.05, 4.69) is 15.2 Å². The normalized spacial score (nSPS) is 22.6. The number of amides is 1. The molecule has 4 nitrogen and oxygen atoms in total. The van der Waals surface area contributed by atoms with Gasteiger partial charge in [-0.3, -0.25) is 9.78 Å². The molecule has 0 aromatic carbocycles. The molecular weight excluding hydrogens is 274 g/mol. The number of carbonyl (C=O) groups is 1. The number of aromatic nitrogens is 1.